The topological polar surface area (TPSA) is 41.1 Å². The number of hydrogen-bond acceptors (Lipinski definition) is 2. The van der Waals surface area contributed by atoms with E-state index in [4.69, 9.17) is 0 Å². The van der Waals surface area contributed by atoms with E-state index in [9.17, 15) is 9.18 Å². The number of carbonyl (C=O) groups excluding carboxylic acids is 1. The molecule has 0 aliphatic carbocycles. The second kappa shape index (κ2) is 6.72. The van der Waals surface area contributed by atoms with Gasteiger partial charge >= 0.3 is 0 Å². The molecular formula is C16H16BrFN2O. The molecule has 0 aliphatic rings. The van der Waals surface area contributed by atoms with Crippen molar-refractivity contribution in [2.75, 3.05) is 10.6 Å². The zero-order chi connectivity index (χ0) is 15.4. The number of benzene rings is 2. The molecule has 0 heterocycles. The van der Waals surface area contributed by atoms with Crippen LogP contribution in [0.2, 0.25) is 0 Å². The Morgan fingerprint density at radius 1 is 1.24 bits per heavy atom. The highest BCUT2D eigenvalue weighted by Crippen LogP contribution is 2.21. The average molecular weight is 351 g/mol. The molecule has 0 saturated carbocycles. The summed E-state index contributed by atoms with van der Waals surface area (Å²) in [5, 5.41) is 6.05. The van der Waals surface area contributed by atoms with Gasteiger partial charge in [0.05, 0.1) is 4.47 Å². The minimum Gasteiger partial charge on any atom is -0.381 e. The first kappa shape index (κ1) is 15.5. The van der Waals surface area contributed by atoms with Crippen LogP contribution in [0.5, 0.6) is 0 Å². The maximum atomic E-state index is 13.2. The zero-order valence-electron chi connectivity index (χ0n) is 11.8. The minimum atomic E-state index is -0.269. The number of anilines is 2. The standard InChI is InChI=1S/C16H16BrFN2O/c1-10-7-13(4-6-16(10)20-11(2)21)19-9-12-3-5-15(18)14(17)8-12/h3-8,19H,9H2,1-2H3,(H,20,21). The van der Waals surface area contributed by atoms with Gasteiger partial charge < -0.3 is 10.6 Å². The van der Waals surface area contributed by atoms with Crippen LogP contribution in [0.4, 0.5) is 15.8 Å². The van der Waals surface area contributed by atoms with Crippen LogP contribution in [0, 0.1) is 12.7 Å². The Bertz CT molecular complexity index is 673. The van der Waals surface area contributed by atoms with Crippen LogP contribution < -0.4 is 10.6 Å². The largest absolute Gasteiger partial charge is 0.381 e. The van der Waals surface area contributed by atoms with Crippen LogP contribution in [-0.2, 0) is 11.3 Å². The third-order valence-electron chi connectivity index (χ3n) is 3.02. The molecule has 0 saturated heterocycles. The van der Waals surface area contributed by atoms with Crippen LogP contribution >= 0.6 is 15.9 Å². The lowest BCUT2D eigenvalue weighted by atomic mass is 10.1. The molecule has 0 unspecified atom stereocenters. The lowest BCUT2D eigenvalue weighted by Gasteiger charge is -2.11. The monoisotopic (exact) mass is 350 g/mol. The summed E-state index contributed by atoms with van der Waals surface area (Å²) in [5.41, 5.74) is 3.71. The van der Waals surface area contributed by atoms with Crippen LogP contribution in [0.1, 0.15) is 18.1 Å². The molecule has 2 N–H and O–H groups in total. The van der Waals surface area contributed by atoms with Gasteiger partial charge in [-0.05, 0) is 64.3 Å². The summed E-state index contributed by atoms with van der Waals surface area (Å²) < 4.78 is 13.6. The second-order valence-electron chi connectivity index (χ2n) is 4.81. The molecule has 1 amide bonds. The van der Waals surface area contributed by atoms with Gasteiger partial charge in [0, 0.05) is 24.8 Å². The molecule has 2 aromatic rings. The number of amides is 1. The number of halogens is 2. The van der Waals surface area contributed by atoms with Crippen molar-refractivity contribution in [2.45, 2.75) is 20.4 Å². The van der Waals surface area contributed by atoms with Gasteiger partial charge in [-0.25, -0.2) is 4.39 Å². The van der Waals surface area contributed by atoms with Crippen LogP contribution in [0.3, 0.4) is 0 Å². The van der Waals surface area contributed by atoms with Gasteiger partial charge in [-0.2, -0.15) is 0 Å². The fourth-order valence-corrected chi connectivity index (χ4v) is 2.38. The van der Waals surface area contributed by atoms with Gasteiger partial charge in [-0.3, -0.25) is 4.79 Å². The van der Waals surface area contributed by atoms with E-state index in [1.165, 1.54) is 13.0 Å². The lowest BCUT2D eigenvalue weighted by Crippen LogP contribution is -2.07. The summed E-state index contributed by atoms with van der Waals surface area (Å²) >= 11 is 3.17. The van der Waals surface area contributed by atoms with E-state index in [1.54, 1.807) is 12.1 Å². The molecule has 0 atom stereocenters. The second-order valence-corrected chi connectivity index (χ2v) is 5.67. The molecule has 0 bridgehead atoms. The number of carbonyl (C=O) groups is 1. The van der Waals surface area contributed by atoms with E-state index in [2.05, 4.69) is 26.6 Å². The molecule has 110 valence electrons. The van der Waals surface area contributed by atoms with Crippen molar-refractivity contribution in [3.8, 4) is 0 Å². The molecule has 0 spiro atoms. The summed E-state index contributed by atoms with van der Waals surface area (Å²) in [6.07, 6.45) is 0. The van der Waals surface area contributed by atoms with Gasteiger partial charge in [0.15, 0.2) is 0 Å². The van der Waals surface area contributed by atoms with Gasteiger partial charge in [0.25, 0.3) is 0 Å². The molecule has 0 radical (unpaired) electrons. The Labute approximate surface area is 131 Å². The molecule has 5 heteroatoms. The van der Waals surface area contributed by atoms with Crippen molar-refractivity contribution >= 4 is 33.2 Å². The number of aryl methyl sites for hydroxylation is 1. The summed E-state index contributed by atoms with van der Waals surface area (Å²) in [7, 11) is 0. The van der Waals surface area contributed by atoms with E-state index in [0.29, 0.717) is 11.0 Å². The normalized spacial score (nSPS) is 10.3. The quantitative estimate of drug-likeness (QED) is 0.854. The Morgan fingerprint density at radius 3 is 2.62 bits per heavy atom. The number of hydrogen-bond donors (Lipinski definition) is 2. The SMILES string of the molecule is CC(=O)Nc1ccc(NCc2ccc(F)c(Br)c2)cc1C. The number of rotatable bonds is 4. The van der Waals surface area contributed by atoms with Gasteiger partial charge in [-0.1, -0.05) is 6.07 Å². The zero-order valence-corrected chi connectivity index (χ0v) is 13.4. The predicted molar refractivity (Wildman–Crippen MR) is 86.9 cm³/mol. The van der Waals surface area contributed by atoms with Crippen LogP contribution in [0.15, 0.2) is 40.9 Å². The minimum absolute atomic E-state index is 0.0880. The van der Waals surface area contributed by atoms with Crippen LogP contribution in [0.25, 0.3) is 0 Å². The molecule has 2 rings (SSSR count). The van der Waals surface area contributed by atoms with Crippen molar-refractivity contribution in [2.24, 2.45) is 0 Å². The Morgan fingerprint density at radius 2 is 2.00 bits per heavy atom. The van der Waals surface area contributed by atoms with Crippen molar-refractivity contribution in [3.05, 3.63) is 57.8 Å². The molecule has 0 aromatic heterocycles. The predicted octanol–water partition coefficient (Wildman–Crippen LogP) is 4.47. The lowest BCUT2D eigenvalue weighted by molar-refractivity contribution is -0.114. The third-order valence-corrected chi connectivity index (χ3v) is 3.63. The average Bonchev–Trinajstić information content (AvgIpc) is 2.42. The van der Waals surface area contributed by atoms with Crippen LogP contribution in [-0.4, -0.2) is 5.91 Å². The molecular weight excluding hydrogens is 335 g/mol. The number of nitrogens with one attached hydrogen (secondary N) is 2. The third kappa shape index (κ3) is 4.29. The molecule has 2 aromatic carbocycles. The maximum Gasteiger partial charge on any atom is 0.221 e. The van der Waals surface area contributed by atoms with E-state index in [0.717, 1.165) is 22.5 Å². The van der Waals surface area contributed by atoms with E-state index < -0.39 is 0 Å². The van der Waals surface area contributed by atoms with E-state index >= 15 is 0 Å². The van der Waals surface area contributed by atoms with E-state index in [1.807, 2.05) is 25.1 Å². The fourth-order valence-electron chi connectivity index (χ4n) is 1.96. The van der Waals surface area contributed by atoms with E-state index in [-0.39, 0.29) is 11.7 Å². The summed E-state index contributed by atoms with van der Waals surface area (Å²) in [4.78, 5) is 11.1. The highest BCUT2D eigenvalue weighted by molar-refractivity contribution is 9.10. The van der Waals surface area contributed by atoms with Crippen molar-refractivity contribution in [1.82, 2.24) is 0 Å². The molecule has 0 aliphatic heterocycles. The summed E-state index contributed by atoms with van der Waals surface area (Å²) in [5.74, 6) is -0.357. The van der Waals surface area contributed by atoms with Gasteiger partial charge in [0.2, 0.25) is 5.91 Å². The first-order valence-corrected chi connectivity index (χ1v) is 7.31. The van der Waals surface area contributed by atoms with Crippen molar-refractivity contribution < 1.29 is 9.18 Å². The Hall–Kier alpha value is -1.88. The van der Waals surface area contributed by atoms with Gasteiger partial charge in [-0.15, -0.1) is 0 Å². The molecule has 3 nitrogen and oxygen atoms in total. The Balaban J connectivity index is 2.04. The first-order valence-electron chi connectivity index (χ1n) is 6.52. The highest BCUT2D eigenvalue weighted by Gasteiger charge is 2.03. The summed E-state index contributed by atoms with van der Waals surface area (Å²) in [6, 6.07) is 10.7. The highest BCUT2D eigenvalue weighted by atomic mass is 79.9. The maximum absolute atomic E-state index is 13.2. The summed E-state index contributed by atoms with van der Waals surface area (Å²) in [6.45, 7) is 4.01. The molecule has 21 heavy (non-hydrogen) atoms. The van der Waals surface area contributed by atoms with Crippen molar-refractivity contribution in [1.29, 1.82) is 0 Å². The Kier molecular flexibility index (Phi) is 4.96. The fraction of sp³-hybridized carbons (Fsp3) is 0.188. The molecule has 0 fully saturated rings. The first-order chi connectivity index (χ1) is 9.95. The van der Waals surface area contributed by atoms with Crippen molar-refractivity contribution in [3.63, 3.8) is 0 Å². The van der Waals surface area contributed by atoms with Gasteiger partial charge in [0.1, 0.15) is 5.82 Å². The smallest absolute Gasteiger partial charge is 0.221 e.